The van der Waals surface area contributed by atoms with E-state index in [2.05, 4.69) is 24.1 Å². The second-order valence-electron chi connectivity index (χ2n) is 4.35. The van der Waals surface area contributed by atoms with Crippen LogP contribution in [0, 0.1) is 11.7 Å². The van der Waals surface area contributed by atoms with Crippen molar-refractivity contribution in [2.24, 2.45) is 5.92 Å². The first kappa shape index (κ1) is 11.6. The summed E-state index contributed by atoms with van der Waals surface area (Å²) in [6.07, 6.45) is 3.41. The molecule has 0 aliphatic carbocycles. The minimum Gasteiger partial charge on any atom is -0.355 e. The molecule has 1 aromatic heterocycles. The Hall–Kier alpha value is -1.84. The lowest BCUT2D eigenvalue weighted by Crippen LogP contribution is -2.12. The molecule has 2 rings (SSSR count). The van der Waals surface area contributed by atoms with E-state index in [1.807, 2.05) is 6.07 Å². The zero-order valence-corrected chi connectivity index (χ0v) is 10.0. The van der Waals surface area contributed by atoms with Crippen LogP contribution in [0.4, 0.5) is 10.3 Å². The number of rotatable bonds is 4. The molecule has 17 heavy (non-hydrogen) atoms. The van der Waals surface area contributed by atoms with Crippen molar-refractivity contribution in [3.05, 3.63) is 42.5 Å². The Morgan fingerprint density at radius 2 is 2.12 bits per heavy atom. The van der Waals surface area contributed by atoms with Crippen LogP contribution in [0.5, 0.6) is 0 Å². The molecule has 3 nitrogen and oxygen atoms in total. The monoisotopic (exact) mass is 233 g/mol. The van der Waals surface area contributed by atoms with Crippen molar-refractivity contribution >= 4 is 5.95 Å². The summed E-state index contributed by atoms with van der Waals surface area (Å²) in [5.41, 5.74) is 0.510. The Labute approximate surface area is 100 Å². The third-order valence-corrected chi connectivity index (χ3v) is 2.42. The molecule has 0 aliphatic rings. The van der Waals surface area contributed by atoms with Gasteiger partial charge in [-0.1, -0.05) is 26.0 Å². The van der Waals surface area contributed by atoms with Crippen LogP contribution in [0.2, 0.25) is 0 Å². The lowest BCUT2D eigenvalue weighted by atomic mass is 10.2. The van der Waals surface area contributed by atoms with Gasteiger partial charge in [-0.3, -0.25) is 4.57 Å². The smallest absolute Gasteiger partial charge is 0.207 e. The average Bonchev–Trinajstić information content (AvgIpc) is 2.75. The first-order valence-electron chi connectivity index (χ1n) is 5.70. The van der Waals surface area contributed by atoms with Gasteiger partial charge in [-0.15, -0.1) is 0 Å². The van der Waals surface area contributed by atoms with Crippen molar-refractivity contribution in [3.63, 3.8) is 0 Å². The molecule has 0 fully saturated rings. The summed E-state index contributed by atoms with van der Waals surface area (Å²) in [6, 6.07) is 6.67. The number of para-hydroxylation sites is 1. The number of hydrogen-bond donors (Lipinski definition) is 1. The van der Waals surface area contributed by atoms with Crippen molar-refractivity contribution in [1.29, 1.82) is 0 Å². The van der Waals surface area contributed by atoms with E-state index in [0.29, 0.717) is 17.6 Å². The molecule has 0 saturated heterocycles. The Bertz CT molecular complexity index is 491. The Balaban J connectivity index is 2.28. The molecule has 1 N–H and O–H groups in total. The van der Waals surface area contributed by atoms with Gasteiger partial charge in [-0.25, -0.2) is 9.37 Å². The Kier molecular flexibility index (Phi) is 3.42. The van der Waals surface area contributed by atoms with Gasteiger partial charge in [-0.05, 0) is 18.1 Å². The molecule has 2 aromatic rings. The maximum Gasteiger partial charge on any atom is 0.207 e. The molecular weight excluding hydrogens is 217 g/mol. The second kappa shape index (κ2) is 4.99. The Morgan fingerprint density at radius 1 is 1.35 bits per heavy atom. The molecule has 0 unspecified atom stereocenters. The van der Waals surface area contributed by atoms with Crippen molar-refractivity contribution in [1.82, 2.24) is 9.55 Å². The maximum atomic E-state index is 13.7. The van der Waals surface area contributed by atoms with Crippen LogP contribution in [0.1, 0.15) is 13.8 Å². The minimum atomic E-state index is -0.252. The first-order valence-corrected chi connectivity index (χ1v) is 5.70. The van der Waals surface area contributed by atoms with Gasteiger partial charge in [0.1, 0.15) is 5.82 Å². The van der Waals surface area contributed by atoms with Gasteiger partial charge >= 0.3 is 0 Å². The fourth-order valence-electron chi connectivity index (χ4n) is 1.57. The predicted octanol–water partition coefficient (Wildman–Crippen LogP) is 3.08. The molecule has 1 heterocycles. The van der Waals surface area contributed by atoms with E-state index in [1.54, 1.807) is 29.1 Å². The van der Waals surface area contributed by atoms with E-state index in [-0.39, 0.29) is 5.82 Å². The summed E-state index contributed by atoms with van der Waals surface area (Å²) in [4.78, 5) is 4.19. The Morgan fingerprint density at radius 3 is 2.82 bits per heavy atom. The number of imidazole rings is 1. The SMILES string of the molecule is CC(C)CNc1nccn1-c1ccccc1F. The molecule has 4 heteroatoms. The summed E-state index contributed by atoms with van der Waals surface area (Å²) >= 11 is 0. The van der Waals surface area contributed by atoms with Gasteiger partial charge in [0.05, 0.1) is 5.69 Å². The van der Waals surface area contributed by atoms with E-state index in [0.717, 1.165) is 6.54 Å². The van der Waals surface area contributed by atoms with Crippen molar-refractivity contribution < 1.29 is 4.39 Å². The molecular formula is C13H16FN3. The first-order chi connectivity index (χ1) is 8.18. The van der Waals surface area contributed by atoms with Gasteiger partial charge < -0.3 is 5.32 Å². The fourth-order valence-corrected chi connectivity index (χ4v) is 1.57. The van der Waals surface area contributed by atoms with Gasteiger partial charge in [-0.2, -0.15) is 0 Å². The lowest BCUT2D eigenvalue weighted by molar-refractivity contribution is 0.617. The minimum absolute atomic E-state index is 0.252. The number of anilines is 1. The molecule has 0 saturated carbocycles. The third-order valence-electron chi connectivity index (χ3n) is 2.42. The van der Waals surface area contributed by atoms with Crippen molar-refractivity contribution in [3.8, 4) is 5.69 Å². The molecule has 0 spiro atoms. The van der Waals surface area contributed by atoms with Crippen LogP contribution in [-0.4, -0.2) is 16.1 Å². The third kappa shape index (κ3) is 2.64. The van der Waals surface area contributed by atoms with Crippen LogP contribution in [0.3, 0.4) is 0 Å². The van der Waals surface area contributed by atoms with Crippen molar-refractivity contribution in [2.75, 3.05) is 11.9 Å². The average molecular weight is 233 g/mol. The highest BCUT2D eigenvalue weighted by molar-refractivity contribution is 5.42. The molecule has 1 aromatic carbocycles. The van der Waals surface area contributed by atoms with E-state index < -0.39 is 0 Å². The zero-order valence-electron chi connectivity index (χ0n) is 10.0. The van der Waals surface area contributed by atoms with Crippen LogP contribution >= 0.6 is 0 Å². The molecule has 90 valence electrons. The normalized spacial score (nSPS) is 10.8. The van der Waals surface area contributed by atoms with Gasteiger partial charge in [0.25, 0.3) is 0 Å². The van der Waals surface area contributed by atoms with E-state index in [1.165, 1.54) is 6.07 Å². The van der Waals surface area contributed by atoms with Crippen molar-refractivity contribution in [2.45, 2.75) is 13.8 Å². The number of halogens is 1. The van der Waals surface area contributed by atoms with Crippen LogP contribution in [0.25, 0.3) is 5.69 Å². The topological polar surface area (TPSA) is 29.9 Å². The molecule has 0 amide bonds. The number of nitrogens with zero attached hydrogens (tertiary/aromatic N) is 2. The fraction of sp³-hybridized carbons (Fsp3) is 0.308. The van der Waals surface area contributed by atoms with Gasteiger partial charge in [0.15, 0.2) is 0 Å². The standard InChI is InChI=1S/C13H16FN3/c1-10(2)9-16-13-15-7-8-17(13)12-6-4-3-5-11(12)14/h3-8,10H,9H2,1-2H3,(H,15,16). The highest BCUT2D eigenvalue weighted by atomic mass is 19.1. The second-order valence-corrected chi connectivity index (χ2v) is 4.35. The number of nitrogens with one attached hydrogen (secondary N) is 1. The summed E-state index contributed by atoms with van der Waals surface area (Å²) in [6.45, 7) is 5.04. The number of aromatic nitrogens is 2. The summed E-state index contributed by atoms with van der Waals surface area (Å²) in [5.74, 6) is 0.933. The largest absolute Gasteiger partial charge is 0.355 e. The zero-order chi connectivity index (χ0) is 12.3. The van der Waals surface area contributed by atoms with Crippen LogP contribution in [0.15, 0.2) is 36.7 Å². The van der Waals surface area contributed by atoms with E-state index in [9.17, 15) is 4.39 Å². The molecule has 0 atom stereocenters. The number of hydrogen-bond acceptors (Lipinski definition) is 2. The quantitative estimate of drug-likeness (QED) is 0.879. The predicted molar refractivity (Wildman–Crippen MR) is 66.8 cm³/mol. The lowest BCUT2D eigenvalue weighted by Gasteiger charge is -2.11. The maximum absolute atomic E-state index is 13.7. The van der Waals surface area contributed by atoms with Crippen LogP contribution < -0.4 is 5.32 Å². The molecule has 0 bridgehead atoms. The summed E-state index contributed by atoms with van der Waals surface area (Å²) in [7, 11) is 0. The summed E-state index contributed by atoms with van der Waals surface area (Å²) < 4.78 is 15.4. The number of benzene rings is 1. The van der Waals surface area contributed by atoms with E-state index >= 15 is 0 Å². The van der Waals surface area contributed by atoms with Gasteiger partial charge in [0.2, 0.25) is 5.95 Å². The molecule has 0 aliphatic heterocycles. The highest BCUT2D eigenvalue weighted by Crippen LogP contribution is 2.17. The highest BCUT2D eigenvalue weighted by Gasteiger charge is 2.08. The van der Waals surface area contributed by atoms with Crippen LogP contribution in [-0.2, 0) is 0 Å². The van der Waals surface area contributed by atoms with E-state index in [4.69, 9.17) is 0 Å². The summed E-state index contributed by atoms with van der Waals surface area (Å²) in [5, 5.41) is 3.20. The van der Waals surface area contributed by atoms with Gasteiger partial charge in [0, 0.05) is 18.9 Å². The molecule has 0 radical (unpaired) electrons.